The number of thioether (sulfide) groups is 1. The van der Waals surface area contributed by atoms with Crippen LogP contribution in [0.25, 0.3) is 0 Å². The van der Waals surface area contributed by atoms with E-state index >= 15 is 0 Å². The van der Waals surface area contributed by atoms with Gasteiger partial charge in [-0.15, -0.1) is 35.3 Å². The van der Waals surface area contributed by atoms with Gasteiger partial charge in [-0.3, -0.25) is 9.79 Å². The second kappa shape index (κ2) is 11.9. The van der Waals surface area contributed by atoms with Crippen LogP contribution in [0, 0.1) is 5.92 Å². The molecule has 1 amide bonds. The molecule has 0 radical (unpaired) electrons. The number of amides is 1. The molecule has 9 heteroatoms. The summed E-state index contributed by atoms with van der Waals surface area (Å²) in [6.07, 6.45) is 3.98. The van der Waals surface area contributed by atoms with Crippen LogP contribution in [-0.4, -0.2) is 59.4 Å². The highest BCUT2D eigenvalue weighted by molar-refractivity contribution is 14.0. The van der Waals surface area contributed by atoms with Crippen molar-refractivity contribution in [3.8, 4) is 0 Å². The zero-order valence-corrected chi connectivity index (χ0v) is 22.5. The van der Waals surface area contributed by atoms with Gasteiger partial charge in [0.15, 0.2) is 5.96 Å². The molecule has 6 nitrogen and oxygen atoms in total. The number of carbonyl (C=O) groups excluding carboxylic acids is 1. The van der Waals surface area contributed by atoms with E-state index in [1.54, 1.807) is 18.4 Å². The molecule has 1 saturated heterocycles. The lowest BCUT2D eigenvalue weighted by Gasteiger charge is -2.34. The van der Waals surface area contributed by atoms with Crippen molar-refractivity contribution in [2.45, 2.75) is 64.5 Å². The van der Waals surface area contributed by atoms with Crippen LogP contribution < -0.4 is 10.6 Å². The van der Waals surface area contributed by atoms with Crippen LogP contribution in [0.5, 0.6) is 0 Å². The Labute approximate surface area is 206 Å². The third-order valence-corrected chi connectivity index (χ3v) is 7.48. The number of guanidine groups is 1. The Hall–Kier alpha value is -0.550. The number of rotatable bonds is 4. The number of halogens is 1. The summed E-state index contributed by atoms with van der Waals surface area (Å²) in [5, 5.41) is 10.2. The number of aromatic nitrogens is 1. The van der Waals surface area contributed by atoms with E-state index < -0.39 is 0 Å². The smallest absolute Gasteiger partial charge is 0.225 e. The van der Waals surface area contributed by atoms with Crippen LogP contribution in [0.3, 0.4) is 0 Å². The maximum Gasteiger partial charge on any atom is 0.225 e. The molecule has 1 saturated carbocycles. The van der Waals surface area contributed by atoms with Crippen LogP contribution in [0.1, 0.15) is 57.2 Å². The van der Waals surface area contributed by atoms with Gasteiger partial charge in [0.2, 0.25) is 5.91 Å². The topological polar surface area (TPSA) is 69.6 Å². The molecule has 2 N–H and O–H groups in total. The highest BCUT2D eigenvalue weighted by Gasteiger charge is 2.30. The molecule has 0 spiro atoms. The first-order chi connectivity index (χ1) is 13.9. The number of carbonyl (C=O) groups is 1. The highest BCUT2D eigenvalue weighted by atomic mass is 127. The Kier molecular flexibility index (Phi) is 10.2. The summed E-state index contributed by atoms with van der Waals surface area (Å²) >= 11 is 3.64. The first-order valence-corrected chi connectivity index (χ1v) is 12.7. The van der Waals surface area contributed by atoms with Gasteiger partial charge in [-0.05, 0) is 25.7 Å². The van der Waals surface area contributed by atoms with Crippen molar-refractivity contribution in [2.24, 2.45) is 10.9 Å². The van der Waals surface area contributed by atoms with Crippen molar-refractivity contribution in [3.05, 3.63) is 16.1 Å². The summed E-state index contributed by atoms with van der Waals surface area (Å²) in [5.74, 6) is 3.57. The molecule has 1 aromatic rings. The minimum atomic E-state index is 0. The van der Waals surface area contributed by atoms with Gasteiger partial charge in [0.25, 0.3) is 0 Å². The van der Waals surface area contributed by atoms with Crippen LogP contribution in [0.2, 0.25) is 0 Å². The van der Waals surface area contributed by atoms with Gasteiger partial charge in [-0.1, -0.05) is 20.8 Å². The number of hydrogen-bond donors (Lipinski definition) is 2. The summed E-state index contributed by atoms with van der Waals surface area (Å²) < 4.78 is 0. The van der Waals surface area contributed by atoms with Gasteiger partial charge in [-0.2, -0.15) is 11.8 Å². The summed E-state index contributed by atoms with van der Waals surface area (Å²) in [6.45, 7) is 9.08. The Balaban J connectivity index is 0.00000320. The molecule has 30 heavy (non-hydrogen) atoms. The maximum atomic E-state index is 12.7. The van der Waals surface area contributed by atoms with E-state index in [1.807, 2.05) is 11.8 Å². The molecule has 2 aliphatic rings. The second-order valence-corrected chi connectivity index (χ2v) is 11.1. The number of hydrogen-bond acceptors (Lipinski definition) is 5. The Morgan fingerprint density at radius 3 is 2.47 bits per heavy atom. The predicted molar refractivity (Wildman–Crippen MR) is 139 cm³/mol. The van der Waals surface area contributed by atoms with E-state index in [0.717, 1.165) is 66.9 Å². The van der Waals surface area contributed by atoms with Gasteiger partial charge in [-0.25, -0.2) is 4.98 Å². The predicted octanol–water partition coefficient (Wildman–Crippen LogP) is 3.86. The average molecular weight is 566 g/mol. The zero-order valence-electron chi connectivity index (χ0n) is 18.6. The maximum absolute atomic E-state index is 12.7. The lowest BCUT2D eigenvalue weighted by Crippen LogP contribution is -2.47. The summed E-state index contributed by atoms with van der Waals surface area (Å²) in [4.78, 5) is 23.9. The molecule has 3 rings (SSSR count). The molecule has 2 fully saturated rings. The van der Waals surface area contributed by atoms with E-state index in [4.69, 9.17) is 4.98 Å². The lowest BCUT2D eigenvalue weighted by atomic mass is 9.85. The molecular weight excluding hydrogens is 529 g/mol. The fraction of sp³-hybridized carbons (Fsp3) is 0.762. The number of thiazole rings is 1. The van der Waals surface area contributed by atoms with E-state index in [-0.39, 0.29) is 35.3 Å². The van der Waals surface area contributed by atoms with E-state index in [2.05, 4.69) is 46.7 Å². The first kappa shape index (κ1) is 25.7. The second-order valence-electron chi connectivity index (χ2n) is 8.93. The fourth-order valence-corrected chi connectivity index (χ4v) is 5.67. The van der Waals surface area contributed by atoms with Crippen molar-refractivity contribution in [3.63, 3.8) is 0 Å². The lowest BCUT2D eigenvalue weighted by molar-refractivity contribution is -0.136. The molecule has 0 atom stereocenters. The van der Waals surface area contributed by atoms with Gasteiger partial charge in [0.1, 0.15) is 5.01 Å². The first-order valence-electron chi connectivity index (χ1n) is 10.7. The van der Waals surface area contributed by atoms with Crippen LogP contribution in [0.15, 0.2) is 10.4 Å². The summed E-state index contributed by atoms with van der Waals surface area (Å²) in [7, 11) is 1.81. The number of nitrogens with zero attached hydrogens (tertiary/aromatic N) is 3. The monoisotopic (exact) mass is 565 g/mol. The number of nitrogens with one attached hydrogen (secondary N) is 2. The molecule has 1 aromatic heterocycles. The molecular formula is C21H36IN5OS2. The molecule has 0 bridgehead atoms. The van der Waals surface area contributed by atoms with Gasteiger partial charge >= 0.3 is 0 Å². The largest absolute Gasteiger partial charge is 0.354 e. The van der Waals surface area contributed by atoms with Gasteiger partial charge < -0.3 is 15.5 Å². The third kappa shape index (κ3) is 7.25. The molecule has 1 aliphatic carbocycles. The molecule has 0 aromatic carbocycles. The third-order valence-electron chi connectivity index (χ3n) is 5.69. The molecule has 170 valence electrons. The van der Waals surface area contributed by atoms with Crippen LogP contribution in [0.4, 0.5) is 0 Å². The molecule has 1 aliphatic heterocycles. The van der Waals surface area contributed by atoms with Crippen LogP contribution in [-0.2, 0) is 16.8 Å². The standard InChI is InChI=1S/C21H35N5OS2.HI/c1-21(2,3)17-14-29-18(25-17)13-23-20(22-4)24-16-7-5-15(6-8-16)19(27)26-9-11-28-12-10-26;/h14-16H,5-13H2,1-4H3,(H2,22,23,24);1H. The average Bonchev–Trinajstić information content (AvgIpc) is 3.21. The van der Waals surface area contributed by atoms with Crippen LogP contribution >= 0.6 is 47.1 Å². The zero-order chi connectivity index (χ0) is 20.9. The minimum Gasteiger partial charge on any atom is -0.354 e. The Morgan fingerprint density at radius 1 is 1.23 bits per heavy atom. The summed E-state index contributed by atoms with van der Waals surface area (Å²) in [6, 6.07) is 0.378. The minimum absolute atomic E-state index is 0. The Morgan fingerprint density at radius 2 is 1.90 bits per heavy atom. The van der Waals surface area contributed by atoms with Crippen molar-refractivity contribution >= 4 is 58.9 Å². The highest BCUT2D eigenvalue weighted by Crippen LogP contribution is 2.27. The van der Waals surface area contributed by atoms with Crippen molar-refractivity contribution in [2.75, 3.05) is 31.6 Å². The van der Waals surface area contributed by atoms with E-state index in [1.165, 1.54) is 0 Å². The Bertz CT molecular complexity index is 704. The van der Waals surface area contributed by atoms with Gasteiger partial charge in [0.05, 0.1) is 12.2 Å². The van der Waals surface area contributed by atoms with E-state index in [9.17, 15) is 4.79 Å². The summed E-state index contributed by atoms with van der Waals surface area (Å²) in [5.41, 5.74) is 1.22. The number of aliphatic imine (C=N–C) groups is 1. The van der Waals surface area contributed by atoms with Gasteiger partial charge in [0, 0.05) is 54.4 Å². The van der Waals surface area contributed by atoms with E-state index in [0.29, 0.717) is 18.5 Å². The molecule has 2 heterocycles. The fourth-order valence-electron chi connectivity index (χ4n) is 3.81. The molecule has 0 unspecified atom stereocenters. The van der Waals surface area contributed by atoms with Crippen molar-refractivity contribution < 1.29 is 4.79 Å². The van der Waals surface area contributed by atoms with Crippen molar-refractivity contribution in [1.29, 1.82) is 0 Å². The normalized spacial score (nSPS) is 22.9. The SMILES string of the molecule is CN=C(NCc1nc(C(C)(C)C)cs1)NC1CCC(C(=O)N2CCSCC2)CC1.I. The quantitative estimate of drug-likeness (QED) is 0.330. The van der Waals surface area contributed by atoms with Crippen molar-refractivity contribution in [1.82, 2.24) is 20.5 Å².